The number of hydrogen-bond acceptors (Lipinski definition) is 3. The zero-order valence-electron chi connectivity index (χ0n) is 12.4. The smallest absolute Gasteiger partial charge is 0.141 e. The zero-order valence-corrected chi connectivity index (χ0v) is 12.4. The van der Waals surface area contributed by atoms with Gasteiger partial charge in [0.05, 0.1) is 18.9 Å². The minimum absolute atomic E-state index is 0.363. The molecule has 0 aliphatic carbocycles. The predicted octanol–water partition coefficient (Wildman–Crippen LogP) is 3.62. The van der Waals surface area contributed by atoms with Crippen molar-refractivity contribution < 1.29 is 9.47 Å². The summed E-state index contributed by atoms with van der Waals surface area (Å²) >= 11 is 0. The molecular formula is C16H25NO2. The van der Waals surface area contributed by atoms with Crippen LogP contribution in [0.15, 0.2) is 18.2 Å². The Bertz CT molecular complexity index is 417. The molecule has 3 heteroatoms. The number of methoxy groups -OCH3 is 1. The molecule has 0 spiro atoms. The topological polar surface area (TPSA) is 30.5 Å². The van der Waals surface area contributed by atoms with E-state index in [0.717, 1.165) is 30.9 Å². The molecule has 0 bridgehead atoms. The van der Waals surface area contributed by atoms with E-state index in [2.05, 4.69) is 38.2 Å². The summed E-state index contributed by atoms with van der Waals surface area (Å²) in [5.41, 5.74) is 2.34. The summed E-state index contributed by atoms with van der Waals surface area (Å²) in [7, 11) is 1.72. The summed E-state index contributed by atoms with van der Waals surface area (Å²) < 4.78 is 11.2. The molecule has 0 saturated carbocycles. The Hall–Kier alpha value is -1.22. The van der Waals surface area contributed by atoms with Gasteiger partial charge in [0.1, 0.15) is 5.75 Å². The van der Waals surface area contributed by atoms with Crippen molar-refractivity contribution in [2.45, 2.75) is 45.8 Å². The van der Waals surface area contributed by atoms with Gasteiger partial charge < -0.3 is 14.8 Å². The fourth-order valence-electron chi connectivity index (χ4n) is 2.58. The second kappa shape index (κ2) is 6.29. The van der Waals surface area contributed by atoms with E-state index in [1.54, 1.807) is 7.11 Å². The van der Waals surface area contributed by atoms with Gasteiger partial charge in [-0.1, -0.05) is 19.9 Å². The Morgan fingerprint density at radius 1 is 1.37 bits per heavy atom. The van der Waals surface area contributed by atoms with Crippen molar-refractivity contribution in [2.75, 3.05) is 19.0 Å². The molecule has 106 valence electrons. The number of ether oxygens (including phenoxy) is 2. The maximum Gasteiger partial charge on any atom is 0.141 e. The quantitative estimate of drug-likeness (QED) is 0.900. The molecule has 2 unspecified atom stereocenters. The van der Waals surface area contributed by atoms with E-state index in [1.165, 1.54) is 5.56 Å². The fraction of sp³-hybridized carbons (Fsp3) is 0.625. The zero-order chi connectivity index (χ0) is 13.8. The molecule has 19 heavy (non-hydrogen) atoms. The Morgan fingerprint density at radius 2 is 2.16 bits per heavy atom. The van der Waals surface area contributed by atoms with Gasteiger partial charge in [-0.05, 0) is 43.4 Å². The third-order valence-electron chi connectivity index (χ3n) is 3.77. The van der Waals surface area contributed by atoms with Gasteiger partial charge in [-0.2, -0.15) is 0 Å². The summed E-state index contributed by atoms with van der Waals surface area (Å²) in [6, 6.07) is 6.72. The van der Waals surface area contributed by atoms with Gasteiger partial charge in [-0.25, -0.2) is 0 Å². The second-order valence-corrected chi connectivity index (χ2v) is 5.72. The van der Waals surface area contributed by atoms with Crippen LogP contribution in [0.5, 0.6) is 5.75 Å². The largest absolute Gasteiger partial charge is 0.495 e. The lowest BCUT2D eigenvalue weighted by molar-refractivity contribution is -0.0161. The summed E-state index contributed by atoms with van der Waals surface area (Å²) in [6.07, 6.45) is 2.48. The van der Waals surface area contributed by atoms with Crippen LogP contribution in [0.3, 0.4) is 0 Å². The molecule has 1 aromatic carbocycles. The standard InChI is InChI=1S/C16H25NO2/c1-11(2)16-10-13(7-8-19-16)17-14-9-12(3)5-6-15(14)18-4/h5-6,9,11,13,16-17H,7-8,10H2,1-4H3. The van der Waals surface area contributed by atoms with Crippen LogP contribution in [0.2, 0.25) is 0 Å². The van der Waals surface area contributed by atoms with E-state index in [4.69, 9.17) is 9.47 Å². The number of aryl methyl sites for hydroxylation is 1. The van der Waals surface area contributed by atoms with Crippen molar-refractivity contribution in [1.82, 2.24) is 0 Å². The summed E-state index contributed by atoms with van der Waals surface area (Å²) in [4.78, 5) is 0. The number of nitrogens with one attached hydrogen (secondary N) is 1. The molecule has 1 saturated heterocycles. The molecule has 3 nitrogen and oxygen atoms in total. The molecule has 1 aliphatic heterocycles. The van der Waals surface area contributed by atoms with Crippen LogP contribution < -0.4 is 10.1 Å². The molecule has 2 atom stereocenters. The van der Waals surface area contributed by atoms with E-state index in [0.29, 0.717) is 18.1 Å². The van der Waals surface area contributed by atoms with E-state index in [9.17, 15) is 0 Å². The first-order valence-electron chi connectivity index (χ1n) is 7.13. The summed E-state index contributed by atoms with van der Waals surface area (Å²) in [6.45, 7) is 7.39. The molecule has 0 aromatic heterocycles. The van der Waals surface area contributed by atoms with Gasteiger partial charge in [-0.15, -0.1) is 0 Å². The van der Waals surface area contributed by atoms with Crippen LogP contribution in [-0.4, -0.2) is 25.9 Å². The molecule has 1 aliphatic rings. The van der Waals surface area contributed by atoms with Crippen molar-refractivity contribution in [3.63, 3.8) is 0 Å². The minimum Gasteiger partial charge on any atom is -0.495 e. The first-order chi connectivity index (χ1) is 9.10. The molecule has 1 N–H and O–H groups in total. The van der Waals surface area contributed by atoms with E-state index in [1.807, 2.05) is 6.07 Å². The maximum atomic E-state index is 5.82. The van der Waals surface area contributed by atoms with Gasteiger partial charge in [0, 0.05) is 12.6 Å². The van der Waals surface area contributed by atoms with E-state index in [-0.39, 0.29) is 0 Å². The molecule has 1 aromatic rings. The first kappa shape index (κ1) is 14.2. The van der Waals surface area contributed by atoms with Gasteiger partial charge in [0.25, 0.3) is 0 Å². The highest BCUT2D eigenvalue weighted by molar-refractivity contribution is 5.58. The molecule has 0 amide bonds. The van der Waals surface area contributed by atoms with Crippen molar-refractivity contribution in [3.8, 4) is 5.75 Å². The van der Waals surface area contributed by atoms with Gasteiger partial charge in [0.15, 0.2) is 0 Å². The minimum atomic E-state index is 0.363. The fourth-order valence-corrected chi connectivity index (χ4v) is 2.58. The molecule has 1 fully saturated rings. The lowest BCUT2D eigenvalue weighted by atomic mass is 9.95. The summed E-state index contributed by atoms with van der Waals surface area (Å²) in [5, 5.41) is 3.62. The average molecular weight is 263 g/mol. The monoisotopic (exact) mass is 263 g/mol. The summed E-state index contributed by atoms with van der Waals surface area (Å²) in [5.74, 6) is 1.49. The third-order valence-corrected chi connectivity index (χ3v) is 3.77. The van der Waals surface area contributed by atoms with Gasteiger partial charge in [0.2, 0.25) is 0 Å². The normalized spacial score (nSPS) is 23.4. The molecular weight excluding hydrogens is 238 g/mol. The van der Waals surface area contributed by atoms with Crippen molar-refractivity contribution in [2.24, 2.45) is 5.92 Å². The Labute approximate surface area is 116 Å². The third kappa shape index (κ3) is 3.63. The predicted molar refractivity (Wildman–Crippen MR) is 79.0 cm³/mol. The van der Waals surface area contributed by atoms with Crippen LogP contribution in [-0.2, 0) is 4.74 Å². The highest BCUT2D eigenvalue weighted by atomic mass is 16.5. The van der Waals surface area contributed by atoms with E-state index < -0.39 is 0 Å². The van der Waals surface area contributed by atoms with E-state index >= 15 is 0 Å². The lowest BCUT2D eigenvalue weighted by Gasteiger charge is -2.33. The van der Waals surface area contributed by atoms with Crippen LogP contribution >= 0.6 is 0 Å². The lowest BCUT2D eigenvalue weighted by Crippen LogP contribution is -2.36. The molecule has 0 radical (unpaired) electrons. The number of anilines is 1. The van der Waals surface area contributed by atoms with Crippen LogP contribution in [0.25, 0.3) is 0 Å². The number of benzene rings is 1. The van der Waals surface area contributed by atoms with Crippen LogP contribution in [0, 0.1) is 12.8 Å². The first-order valence-corrected chi connectivity index (χ1v) is 7.13. The van der Waals surface area contributed by atoms with Gasteiger partial charge >= 0.3 is 0 Å². The highest BCUT2D eigenvalue weighted by Crippen LogP contribution is 2.29. The molecule has 1 heterocycles. The Balaban J connectivity index is 2.06. The Morgan fingerprint density at radius 3 is 2.84 bits per heavy atom. The average Bonchev–Trinajstić information content (AvgIpc) is 2.39. The van der Waals surface area contributed by atoms with Crippen molar-refractivity contribution in [3.05, 3.63) is 23.8 Å². The number of hydrogen-bond donors (Lipinski definition) is 1. The van der Waals surface area contributed by atoms with Crippen molar-refractivity contribution >= 4 is 5.69 Å². The SMILES string of the molecule is COc1ccc(C)cc1NC1CCOC(C(C)C)C1. The van der Waals surface area contributed by atoms with Crippen LogP contribution in [0.4, 0.5) is 5.69 Å². The highest BCUT2D eigenvalue weighted by Gasteiger charge is 2.25. The number of rotatable bonds is 4. The van der Waals surface area contributed by atoms with Gasteiger partial charge in [-0.3, -0.25) is 0 Å². The second-order valence-electron chi connectivity index (χ2n) is 5.72. The maximum absolute atomic E-state index is 5.82. The van der Waals surface area contributed by atoms with Crippen LogP contribution in [0.1, 0.15) is 32.3 Å². The molecule has 2 rings (SSSR count). The Kier molecular flexibility index (Phi) is 4.70. The van der Waals surface area contributed by atoms with Crippen molar-refractivity contribution in [1.29, 1.82) is 0 Å².